The second-order valence-corrected chi connectivity index (χ2v) is 7.55. The molecule has 25 heavy (non-hydrogen) atoms. The largest absolute Gasteiger partial charge is 0.378 e. The lowest BCUT2D eigenvalue weighted by Gasteiger charge is -2.32. The van der Waals surface area contributed by atoms with Crippen LogP contribution in [0.3, 0.4) is 0 Å². The van der Waals surface area contributed by atoms with Crippen LogP contribution in [0.15, 0.2) is 24.3 Å². The van der Waals surface area contributed by atoms with Crippen molar-refractivity contribution >= 4 is 11.6 Å². The zero-order chi connectivity index (χ0) is 17.1. The average molecular weight is 344 g/mol. The smallest absolute Gasteiger partial charge is 0.253 e. The summed E-state index contributed by atoms with van der Waals surface area (Å²) in [6, 6.07) is 8.02. The lowest BCUT2D eigenvalue weighted by molar-refractivity contribution is -0.0246. The fourth-order valence-electron chi connectivity index (χ4n) is 4.49. The van der Waals surface area contributed by atoms with E-state index in [1.165, 1.54) is 19.3 Å². The topological polar surface area (TPSA) is 50.8 Å². The molecule has 1 unspecified atom stereocenters. The third-order valence-electron chi connectivity index (χ3n) is 5.81. The molecule has 1 amide bonds. The molecule has 1 aromatic rings. The van der Waals surface area contributed by atoms with Gasteiger partial charge >= 0.3 is 0 Å². The number of hydrogen-bond acceptors (Lipinski definition) is 4. The maximum absolute atomic E-state index is 12.9. The number of amides is 1. The molecule has 2 aliphatic heterocycles. The number of benzene rings is 1. The molecule has 2 saturated heterocycles. The first-order valence-corrected chi connectivity index (χ1v) is 9.62. The van der Waals surface area contributed by atoms with Crippen LogP contribution in [-0.4, -0.2) is 50.5 Å². The fourth-order valence-corrected chi connectivity index (χ4v) is 4.49. The van der Waals surface area contributed by atoms with Gasteiger partial charge in [-0.15, -0.1) is 0 Å². The molecule has 1 N–H and O–H groups in total. The Bertz CT molecular complexity index is 607. The SMILES string of the molecule is O=C(NC1COC2(CCCCC2)C1)c1ccccc1N1CCOCC1. The fraction of sp³-hybridized carbons (Fsp3) is 0.650. The van der Waals surface area contributed by atoms with Gasteiger partial charge in [-0.2, -0.15) is 0 Å². The Hall–Kier alpha value is -1.59. The Morgan fingerprint density at radius 3 is 2.68 bits per heavy atom. The highest BCUT2D eigenvalue weighted by Crippen LogP contribution is 2.39. The van der Waals surface area contributed by atoms with Crippen LogP contribution in [0.5, 0.6) is 0 Å². The first kappa shape index (κ1) is 16.9. The van der Waals surface area contributed by atoms with Gasteiger partial charge in [-0.3, -0.25) is 4.79 Å². The number of hydrogen-bond donors (Lipinski definition) is 1. The van der Waals surface area contributed by atoms with E-state index >= 15 is 0 Å². The Morgan fingerprint density at radius 1 is 1.12 bits per heavy atom. The number of rotatable bonds is 3. The van der Waals surface area contributed by atoms with Gasteiger partial charge in [0.2, 0.25) is 0 Å². The van der Waals surface area contributed by atoms with Crippen LogP contribution in [0, 0.1) is 0 Å². The predicted molar refractivity (Wildman–Crippen MR) is 97.1 cm³/mol. The number of carbonyl (C=O) groups is 1. The maximum atomic E-state index is 12.9. The predicted octanol–water partition coefficient (Wildman–Crippen LogP) is 2.74. The second kappa shape index (κ2) is 7.34. The van der Waals surface area contributed by atoms with Crippen LogP contribution >= 0.6 is 0 Å². The van der Waals surface area contributed by atoms with Crippen LogP contribution in [0.25, 0.3) is 0 Å². The van der Waals surface area contributed by atoms with Gasteiger partial charge in [-0.1, -0.05) is 31.4 Å². The molecule has 2 heterocycles. The summed E-state index contributed by atoms with van der Waals surface area (Å²) >= 11 is 0. The number of nitrogens with one attached hydrogen (secondary N) is 1. The van der Waals surface area contributed by atoms with Crippen LogP contribution in [0.2, 0.25) is 0 Å². The van der Waals surface area contributed by atoms with Gasteiger partial charge in [-0.05, 0) is 31.4 Å². The van der Waals surface area contributed by atoms with Crippen molar-refractivity contribution in [3.05, 3.63) is 29.8 Å². The molecule has 5 heteroatoms. The number of para-hydroxylation sites is 1. The molecule has 0 radical (unpaired) electrons. The van der Waals surface area contributed by atoms with E-state index in [1.807, 2.05) is 24.3 Å². The van der Waals surface area contributed by atoms with E-state index in [4.69, 9.17) is 9.47 Å². The van der Waals surface area contributed by atoms with Crippen molar-refractivity contribution in [1.29, 1.82) is 0 Å². The third kappa shape index (κ3) is 3.67. The second-order valence-electron chi connectivity index (χ2n) is 7.55. The first-order valence-electron chi connectivity index (χ1n) is 9.62. The van der Waals surface area contributed by atoms with Crippen molar-refractivity contribution in [3.63, 3.8) is 0 Å². The zero-order valence-corrected chi connectivity index (χ0v) is 14.8. The average Bonchev–Trinajstić information content (AvgIpc) is 3.04. The minimum Gasteiger partial charge on any atom is -0.378 e. The summed E-state index contributed by atoms with van der Waals surface area (Å²) in [5, 5.41) is 3.22. The van der Waals surface area contributed by atoms with E-state index in [2.05, 4.69) is 10.2 Å². The number of nitrogens with zero attached hydrogens (tertiary/aromatic N) is 1. The maximum Gasteiger partial charge on any atom is 0.253 e. The Labute approximate surface area is 149 Å². The van der Waals surface area contributed by atoms with Crippen molar-refractivity contribution in [2.24, 2.45) is 0 Å². The van der Waals surface area contributed by atoms with Crippen molar-refractivity contribution in [2.75, 3.05) is 37.8 Å². The van der Waals surface area contributed by atoms with Crippen molar-refractivity contribution in [3.8, 4) is 0 Å². The number of ether oxygens (including phenoxy) is 2. The summed E-state index contributed by atoms with van der Waals surface area (Å²) in [6.07, 6.45) is 7.06. The number of morpholine rings is 1. The highest BCUT2D eigenvalue weighted by atomic mass is 16.5. The Balaban J connectivity index is 1.43. The van der Waals surface area contributed by atoms with Gasteiger partial charge < -0.3 is 19.7 Å². The summed E-state index contributed by atoms with van der Waals surface area (Å²) in [4.78, 5) is 15.2. The van der Waals surface area contributed by atoms with Gasteiger partial charge in [0.15, 0.2) is 0 Å². The van der Waals surface area contributed by atoms with Gasteiger partial charge in [0, 0.05) is 18.8 Å². The minimum atomic E-state index is 0.0172. The lowest BCUT2D eigenvalue weighted by Crippen LogP contribution is -2.40. The molecule has 1 saturated carbocycles. The highest BCUT2D eigenvalue weighted by Gasteiger charge is 2.41. The van der Waals surface area contributed by atoms with E-state index in [1.54, 1.807) is 0 Å². The summed E-state index contributed by atoms with van der Waals surface area (Å²) in [6.45, 7) is 3.75. The number of carbonyl (C=O) groups excluding carboxylic acids is 1. The Kier molecular flexibility index (Phi) is 4.95. The van der Waals surface area contributed by atoms with Crippen LogP contribution < -0.4 is 10.2 Å². The van der Waals surface area contributed by atoms with Gasteiger partial charge in [0.1, 0.15) is 0 Å². The molecule has 4 rings (SSSR count). The molecule has 0 aromatic heterocycles. The van der Waals surface area contributed by atoms with Crippen LogP contribution in [0.1, 0.15) is 48.9 Å². The van der Waals surface area contributed by atoms with Crippen molar-refractivity contribution in [2.45, 2.75) is 50.2 Å². The molecular formula is C20H28N2O3. The number of anilines is 1. The summed E-state index contributed by atoms with van der Waals surface area (Å²) in [5.74, 6) is 0.0172. The molecule has 1 atom stereocenters. The van der Waals surface area contributed by atoms with Gasteiger partial charge in [-0.25, -0.2) is 0 Å². The molecular weight excluding hydrogens is 316 g/mol. The van der Waals surface area contributed by atoms with E-state index in [0.29, 0.717) is 6.61 Å². The quantitative estimate of drug-likeness (QED) is 0.916. The molecule has 3 aliphatic rings. The molecule has 0 bridgehead atoms. The normalized spacial score (nSPS) is 25.9. The lowest BCUT2D eigenvalue weighted by atomic mass is 9.82. The van der Waals surface area contributed by atoms with Gasteiger partial charge in [0.05, 0.1) is 37.0 Å². The molecule has 136 valence electrons. The molecule has 1 spiro atoms. The van der Waals surface area contributed by atoms with E-state index in [9.17, 15) is 4.79 Å². The zero-order valence-electron chi connectivity index (χ0n) is 14.8. The summed E-state index contributed by atoms with van der Waals surface area (Å²) in [5.41, 5.74) is 1.79. The van der Waals surface area contributed by atoms with Crippen molar-refractivity contribution in [1.82, 2.24) is 5.32 Å². The van der Waals surface area contributed by atoms with E-state index < -0.39 is 0 Å². The van der Waals surface area contributed by atoms with E-state index in [0.717, 1.165) is 56.8 Å². The standard InChI is InChI=1S/C20H28N2O3/c23-19(21-16-14-20(25-15-16)8-4-1-5-9-20)17-6-2-3-7-18(17)22-10-12-24-13-11-22/h2-3,6-7,16H,1,4-5,8-15H2,(H,21,23). The van der Waals surface area contributed by atoms with Crippen LogP contribution in [-0.2, 0) is 9.47 Å². The minimum absolute atomic E-state index is 0.0172. The summed E-state index contributed by atoms with van der Waals surface area (Å²) < 4.78 is 11.6. The van der Waals surface area contributed by atoms with Gasteiger partial charge in [0.25, 0.3) is 5.91 Å². The molecule has 1 aliphatic carbocycles. The van der Waals surface area contributed by atoms with Crippen LogP contribution in [0.4, 0.5) is 5.69 Å². The van der Waals surface area contributed by atoms with Crippen molar-refractivity contribution < 1.29 is 14.3 Å². The first-order chi connectivity index (χ1) is 12.3. The Morgan fingerprint density at radius 2 is 1.88 bits per heavy atom. The monoisotopic (exact) mass is 344 g/mol. The molecule has 1 aromatic carbocycles. The molecule has 5 nitrogen and oxygen atoms in total. The summed E-state index contributed by atoms with van der Waals surface area (Å²) in [7, 11) is 0. The van der Waals surface area contributed by atoms with E-state index in [-0.39, 0.29) is 17.6 Å². The third-order valence-corrected chi connectivity index (χ3v) is 5.81. The highest BCUT2D eigenvalue weighted by molar-refractivity contribution is 6.00. The molecule has 3 fully saturated rings.